The van der Waals surface area contributed by atoms with E-state index in [1.807, 2.05) is 10.6 Å². The summed E-state index contributed by atoms with van der Waals surface area (Å²) in [6, 6.07) is 8.96. The van der Waals surface area contributed by atoms with Gasteiger partial charge in [-0.3, -0.25) is 0 Å². The molecule has 2 aromatic heterocycles. The molecule has 1 atom stereocenters. The van der Waals surface area contributed by atoms with Crippen molar-refractivity contribution in [3.05, 3.63) is 58.0 Å². The van der Waals surface area contributed by atoms with Crippen molar-refractivity contribution in [2.45, 2.75) is 25.1 Å². The van der Waals surface area contributed by atoms with Gasteiger partial charge in [-0.05, 0) is 46.1 Å². The number of fused-ring (bicyclic) bond motifs is 3. The van der Waals surface area contributed by atoms with Crippen LogP contribution in [0.2, 0.25) is 0 Å². The Balaban J connectivity index is 1.93. The Morgan fingerprint density at radius 1 is 1.09 bits per heavy atom. The van der Waals surface area contributed by atoms with E-state index < -0.39 is 17.8 Å². The Labute approximate surface area is 138 Å². The molecule has 0 spiro atoms. The first-order valence-electron chi connectivity index (χ1n) is 7.14. The zero-order chi connectivity index (χ0) is 16.2. The first-order valence-corrected chi connectivity index (χ1v) is 7.94. The number of aryl methyl sites for hydroxylation is 1. The van der Waals surface area contributed by atoms with Crippen LogP contribution < -0.4 is 0 Å². The monoisotopic (exact) mass is 381 g/mol. The van der Waals surface area contributed by atoms with Crippen LogP contribution in [0.5, 0.6) is 0 Å². The lowest BCUT2D eigenvalue weighted by Crippen LogP contribution is -2.15. The van der Waals surface area contributed by atoms with Gasteiger partial charge in [0.1, 0.15) is 15.9 Å². The SMILES string of the molecule is FC(F)(F)c1ccccc1[C@H]1CCc2nc3ccc(Br)nc3n21. The van der Waals surface area contributed by atoms with Gasteiger partial charge in [0.05, 0.1) is 11.6 Å². The summed E-state index contributed by atoms with van der Waals surface area (Å²) in [5, 5.41) is 0. The minimum Gasteiger partial charge on any atom is -0.305 e. The second-order valence-corrected chi connectivity index (χ2v) is 6.33. The maximum Gasteiger partial charge on any atom is 0.416 e. The van der Waals surface area contributed by atoms with Gasteiger partial charge >= 0.3 is 6.18 Å². The molecule has 1 aromatic carbocycles. The van der Waals surface area contributed by atoms with Crippen LogP contribution >= 0.6 is 15.9 Å². The number of pyridine rings is 1. The molecule has 23 heavy (non-hydrogen) atoms. The Morgan fingerprint density at radius 2 is 1.87 bits per heavy atom. The topological polar surface area (TPSA) is 30.7 Å². The minimum absolute atomic E-state index is 0.278. The van der Waals surface area contributed by atoms with Crippen molar-refractivity contribution in [2.75, 3.05) is 0 Å². The van der Waals surface area contributed by atoms with Gasteiger partial charge in [-0.25, -0.2) is 9.97 Å². The summed E-state index contributed by atoms with van der Waals surface area (Å²) in [4.78, 5) is 8.91. The van der Waals surface area contributed by atoms with Crippen LogP contribution in [0.3, 0.4) is 0 Å². The number of alkyl halides is 3. The summed E-state index contributed by atoms with van der Waals surface area (Å²) < 4.78 is 42.5. The molecule has 118 valence electrons. The largest absolute Gasteiger partial charge is 0.416 e. The van der Waals surface area contributed by atoms with Crippen LogP contribution in [0.1, 0.15) is 29.4 Å². The Kier molecular flexibility index (Phi) is 3.23. The molecule has 0 amide bonds. The molecule has 3 heterocycles. The fourth-order valence-electron chi connectivity index (χ4n) is 3.24. The summed E-state index contributed by atoms with van der Waals surface area (Å²) >= 11 is 3.32. The predicted molar refractivity (Wildman–Crippen MR) is 83.1 cm³/mol. The zero-order valence-corrected chi connectivity index (χ0v) is 13.4. The molecule has 0 unspecified atom stereocenters. The van der Waals surface area contributed by atoms with E-state index >= 15 is 0 Å². The maximum atomic E-state index is 13.3. The average Bonchev–Trinajstić information content (AvgIpc) is 3.05. The molecular weight excluding hydrogens is 371 g/mol. The van der Waals surface area contributed by atoms with Crippen molar-refractivity contribution in [2.24, 2.45) is 0 Å². The third-order valence-corrected chi connectivity index (χ3v) is 4.60. The third-order valence-electron chi connectivity index (χ3n) is 4.15. The molecular formula is C16H11BrF3N3. The summed E-state index contributed by atoms with van der Waals surface area (Å²) in [6.45, 7) is 0. The molecule has 3 aromatic rings. The quantitative estimate of drug-likeness (QED) is 0.569. The van der Waals surface area contributed by atoms with Gasteiger partial charge in [-0.15, -0.1) is 0 Å². The lowest BCUT2D eigenvalue weighted by molar-refractivity contribution is -0.138. The van der Waals surface area contributed by atoms with Crippen LogP contribution in [0.15, 0.2) is 41.0 Å². The second kappa shape index (κ2) is 5.06. The standard InChI is InChI=1S/C16H11BrF3N3/c17-13-7-5-11-15(22-13)23-12(6-8-14(23)21-11)9-3-1-2-4-10(9)16(18,19)20/h1-5,7,12H,6,8H2/t12-/m1/s1. The number of benzene rings is 1. The van der Waals surface area contributed by atoms with Crippen molar-refractivity contribution in [1.82, 2.24) is 14.5 Å². The molecule has 0 fully saturated rings. The van der Waals surface area contributed by atoms with E-state index in [0.717, 1.165) is 11.9 Å². The van der Waals surface area contributed by atoms with Crippen molar-refractivity contribution in [1.29, 1.82) is 0 Å². The second-order valence-electron chi connectivity index (χ2n) is 5.51. The van der Waals surface area contributed by atoms with E-state index in [0.29, 0.717) is 28.6 Å². The number of nitrogens with zero attached hydrogens (tertiary/aromatic N) is 3. The lowest BCUT2D eigenvalue weighted by atomic mass is 9.98. The molecule has 3 nitrogen and oxygen atoms in total. The maximum absolute atomic E-state index is 13.3. The van der Waals surface area contributed by atoms with Crippen LogP contribution in [-0.4, -0.2) is 14.5 Å². The predicted octanol–water partition coefficient (Wildman–Crippen LogP) is 4.75. The van der Waals surface area contributed by atoms with Gasteiger partial charge in [0.25, 0.3) is 0 Å². The van der Waals surface area contributed by atoms with Crippen molar-refractivity contribution < 1.29 is 13.2 Å². The Bertz CT molecular complexity index is 901. The molecule has 0 radical (unpaired) electrons. The van der Waals surface area contributed by atoms with Crippen LogP contribution in [0, 0.1) is 0 Å². The van der Waals surface area contributed by atoms with Gasteiger partial charge in [-0.1, -0.05) is 18.2 Å². The number of rotatable bonds is 1. The highest BCUT2D eigenvalue weighted by atomic mass is 79.9. The highest BCUT2D eigenvalue weighted by Gasteiger charge is 2.37. The van der Waals surface area contributed by atoms with E-state index in [1.165, 1.54) is 6.07 Å². The fraction of sp³-hybridized carbons (Fsp3) is 0.250. The van der Waals surface area contributed by atoms with Gasteiger partial charge in [-0.2, -0.15) is 13.2 Å². The number of hydrogen-bond donors (Lipinski definition) is 0. The summed E-state index contributed by atoms with van der Waals surface area (Å²) in [7, 11) is 0. The number of halogens is 4. The molecule has 4 rings (SSSR count). The lowest BCUT2D eigenvalue weighted by Gasteiger charge is -2.19. The van der Waals surface area contributed by atoms with Gasteiger partial charge < -0.3 is 4.57 Å². The molecule has 0 saturated heterocycles. The van der Waals surface area contributed by atoms with E-state index in [9.17, 15) is 13.2 Å². The first-order chi connectivity index (χ1) is 10.9. The fourth-order valence-corrected chi connectivity index (χ4v) is 3.54. The van der Waals surface area contributed by atoms with Gasteiger partial charge in [0.15, 0.2) is 5.65 Å². The summed E-state index contributed by atoms with van der Waals surface area (Å²) in [5.74, 6) is 0.785. The van der Waals surface area contributed by atoms with E-state index in [4.69, 9.17) is 0 Å². The average molecular weight is 382 g/mol. The molecule has 1 aliphatic heterocycles. The van der Waals surface area contributed by atoms with Crippen molar-refractivity contribution in [3.8, 4) is 0 Å². The number of imidazole rings is 1. The van der Waals surface area contributed by atoms with Crippen LogP contribution in [-0.2, 0) is 12.6 Å². The van der Waals surface area contributed by atoms with Crippen molar-refractivity contribution >= 4 is 27.1 Å². The molecule has 0 N–H and O–H groups in total. The molecule has 7 heteroatoms. The first kappa shape index (κ1) is 14.7. The summed E-state index contributed by atoms with van der Waals surface area (Å²) in [5.41, 5.74) is 1.01. The molecule has 0 bridgehead atoms. The number of aromatic nitrogens is 3. The Morgan fingerprint density at radius 3 is 2.65 bits per heavy atom. The smallest absolute Gasteiger partial charge is 0.305 e. The van der Waals surface area contributed by atoms with Crippen molar-refractivity contribution in [3.63, 3.8) is 0 Å². The van der Waals surface area contributed by atoms with Gasteiger partial charge in [0, 0.05) is 6.42 Å². The summed E-state index contributed by atoms with van der Waals surface area (Å²) in [6.07, 6.45) is -3.13. The van der Waals surface area contributed by atoms with E-state index in [1.54, 1.807) is 18.2 Å². The minimum atomic E-state index is -4.37. The molecule has 1 aliphatic rings. The van der Waals surface area contributed by atoms with E-state index in [2.05, 4.69) is 25.9 Å². The van der Waals surface area contributed by atoms with E-state index in [-0.39, 0.29) is 5.56 Å². The van der Waals surface area contributed by atoms with Gasteiger partial charge in [0.2, 0.25) is 0 Å². The Hall–Kier alpha value is -1.89. The molecule has 0 aliphatic carbocycles. The zero-order valence-electron chi connectivity index (χ0n) is 11.8. The van der Waals surface area contributed by atoms with Crippen LogP contribution in [0.25, 0.3) is 11.2 Å². The molecule has 0 saturated carbocycles. The third kappa shape index (κ3) is 2.34. The number of hydrogen-bond acceptors (Lipinski definition) is 2. The highest BCUT2D eigenvalue weighted by Crippen LogP contribution is 2.41. The van der Waals surface area contributed by atoms with Crippen LogP contribution in [0.4, 0.5) is 13.2 Å². The normalized spacial score (nSPS) is 17.7. The highest BCUT2D eigenvalue weighted by molar-refractivity contribution is 9.10.